The number of carbonyl (C=O) groups is 1. The lowest BCUT2D eigenvalue weighted by Gasteiger charge is -2.16. The number of hydrogen-bond donors (Lipinski definition) is 1. The second-order valence-corrected chi connectivity index (χ2v) is 6.77. The third-order valence-electron chi connectivity index (χ3n) is 4.90. The van der Waals surface area contributed by atoms with E-state index in [1.54, 1.807) is 36.6 Å². The van der Waals surface area contributed by atoms with Crippen molar-refractivity contribution in [1.82, 2.24) is 19.5 Å². The summed E-state index contributed by atoms with van der Waals surface area (Å²) in [6, 6.07) is 10.2. The van der Waals surface area contributed by atoms with Crippen molar-refractivity contribution >= 4 is 22.5 Å². The molecule has 0 radical (unpaired) electrons. The van der Waals surface area contributed by atoms with Gasteiger partial charge in [0.25, 0.3) is 5.56 Å². The van der Waals surface area contributed by atoms with Crippen LogP contribution >= 0.6 is 0 Å². The zero-order valence-electron chi connectivity index (χ0n) is 16.5. The summed E-state index contributed by atoms with van der Waals surface area (Å²) in [5.41, 5.74) is 2.33. The lowest BCUT2D eigenvalue weighted by Crippen LogP contribution is -2.38. The van der Waals surface area contributed by atoms with Crippen LogP contribution in [0.25, 0.3) is 16.6 Å². The molecule has 1 atom stereocenters. The van der Waals surface area contributed by atoms with E-state index in [0.717, 1.165) is 16.8 Å². The molecule has 4 aromatic rings. The molecule has 3 aromatic heterocycles. The van der Waals surface area contributed by atoms with Gasteiger partial charge in [0.2, 0.25) is 5.91 Å². The normalized spacial score (nSPS) is 12.4. The number of nitrogens with one attached hydrogen (secondary N) is 1. The highest BCUT2D eigenvalue weighted by molar-refractivity contribution is 5.83. The largest absolute Gasteiger partial charge is 0.494 e. The van der Waals surface area contributed by atoms with E-state index in [2.05, 4.69) is 10.4 Å². The van der Waals surface area contributed by atoms with E-state index in [4.69, 9.17) is 9.15 Å². The standard InChI is InChI=1S/C21H22N4O4/c1-4-28-18-8-6-5-7-15(18)12-22-20(26)13(2)25-21(27)17-11-19-16(9-10-29-19)24(17)14(3)23-25/h5-11,13H,4,12H2,1-3H3,(H,22,26)/t13-/m0/s1. The lowest BCUT2D eigenvalue weighted by molar-refractivity contribution is -0.124. The number of aromatic nitrogens is 3. The summed E-state index contributed by atoms with van der Waals surface area (Å²) in [5, 5.41) is 7.23. The molecule has 3 heterocycles. The maximum atomic E-state index is 12.9. The summed E-state index contributed by atoms with van der Waals surface area (Å²) in [4.78, 5) is 25.7. The average molecular weight is 394 g/mol. The third-order valence-corrected chi connectivity index (χ3v) is 4.90. The Labute approximate surface area is 166 Å². The fourth-order valence-electron chi connectivity index (χ4n) is 3.44. The second-order valence-electron chi connectivity index (χ2n) is 6.77. The van der Waals surface area contributed by atoms with Gasteiger partial charge in [0.15, 0.2) is 5.58 Å². The first kappa shape index (κ1) is 18.8. The minimum absolute atomic E-state index is 0.299. The van der Waals surface area contributed by atoms with Crippen molar-refractivity contribution in [2.24, 2.45) is 0 Å². The van der Waals surface area contributed by atoms with Crippen LogP contribution in [0.15, 0.2) is 51.9 Å². The number of benzene rings is 1. The Morgan fingerprint density at radius 3 is 2.86 bits per heavy atom. The van der Waals surface area contributed by atoms with Crippen LogP contribution in [0.1, 0.15) is 31.3 Å². The molecule has 8 heteroatoms. The number of hydrogen-bond acceptors (Lipinski definition) is 5. The van der Waals surface area contributed by atoms with Crippen molar-refractivity contribution < 1.29 is 13.9 Å². The summed E-state index contributed by atoms with van der Waals surface area (Å²) in [6.45, 7) is 6.19. The number of ether oxygens (including phenoxy) is 1. The molecule has 0 saturated heterocycles. The van der Waals surface area contributed by atoms with E-state index in [9.17, 15) is 9.59 Å². The Balaban J connectivity index is 1.60. The van der Waals surface area contributed by atoms with Crippen LogP contribution < -0.4 is 15.6 Å². The predicted octanol–water partition coefficient (Wildman–Crippen LogP) is 2.83. The van der Waals surface area contributed by atoms with Gasteiger partial charge in [0, 0.05) is 24.2 Å². The number of nitrogens with zero attached hydrogens (tertiary/aromatic N) is 3. The topological polar surface area (TPSA) is 90.8 Å². The summed E-state index contributed by atoms with van der Waals surface area (Å²) >= 11 is 0. The van der Waals surface area contributed by atoms with Crippen LogP contribution in [-0.4, -0.2) is 26.7 Å². The molecule has 150 valence electrons. The molecule has 0 bridgehead atoms. The van der Waals surface area contributed by atoms with Crippen LogP contribution in [0.2, 0.25) is 0 Å². The average Bonchev–Trinajstić information content (AvgIpc) is 3.31. The number of para-hydroxylation sites is 1. The van der Waals surface area contributed by atoms with Crippen LogP contribution in [0.3, 0.4) is 0 Å². The molecule has 0 saturated carbocycles. The molecule has 29 heavy (non-hydrogen) atoms. The molecule has 8 nitrogen and oxygen atoms in total. The first-order valence-corrected chi connectivity index (χ1v) is 9.47. The summed E-state index contributed by atoms with van der Waals surface area (Å²) in [7, 11) is 0. The van der Waals surface area contributed by atoms with Crippen molar-refractivity contribution in [3.05, 3.63) is 64.4 Å². The van der Waals surface area contributed by atoms with Gasteiger partial charge in [-0.3, -0.25) is 14.0 Å². The van der Waals surface area contributed by atoms with Gasteiger partial charge in [-0.15, -0.1) is 0 Å². The van der Waals surface area contributed by atoms with Crippen LogP contribution in [-0.2, 0) is 11.3 Å². The van der Waals surface area contributed by atoms with Gasteiger partial charge < -0.3 is 14.5 Å². The number of furan rings is 1. The maximum Gasteiger partial charge on any atom is 0.291 e. The molecule has 1 N–H and O–H groups in total. The Hall–Kier alpha value is -3.55. The van der Waals surface area contributed by atoms with Crippen molar-refractivity contribution in [2.45, 2.75) is 33.4 Å². The summed E-state index contributed by atoms with van der Waals surface area (Å²) < 4.78 is 13.9. The van der Waals surface area contributed by atoms with Crippen molar-refractivity contribution in [3.8, 4) is 5.75 Å². The molecule has 0 aliphatic heterocycles. The number of fused-ring (bicyclic) bond motifs is 3. The molecule has 0 aliphatic rings. The highest BCUT2D eigenvalue weighted by Crippen LogP contribution is 2.21. The van der Waals surface area contributed by atoms with Gasteiger partial charge in [-0.05, 0) is 26.8 Å². The Morgan fingerprint density at radius 2 is 2.07 bits per heavy atom. The minimum atomic E-state index is -0.772. The van der Waals surface area contributed by atoms with Crippen molar-refractivity contribution in [2.75, 3.05) is 6.61 Å². The molecule has 0 fully saturated rings. The minimum Gasteiger partial charge on any atom is -0.494 e. The van der Waals surface area contributed by atoms with Crippen LogP contribution in [0.5, 0.6) is 5.75 Å². The molecule has 1 aromatic carbocycles. The van der Waals surface area contributed by atoms with Gasteiger partial charge >= 0.3 is 0 Å². The Bertz CT molecular complexity index is 1250. The predicted molar refractivity (Wildman–Crippen MR) is 108 cm³/mol. The van der Waals surface area contributed by atoms with Gasteiger partial charge in [0.1, 0.15) is 23.1 Å². The fraction of sp³-hybridized carbons (Fsp3) is 0.286. The van der Waals surface area contributed by atoms with E-state index < -0.39 is 6.04 Å². The van der Waals surface area contributed by atoms with Gasteiger partial charge in [-0.25, -0.2) is 4.68 Å². The van der Waals surface area contributed by atoms with E-state index in [-0.39, 0.29) is 11.5 Å². The molecular weight excluding hydrogens is 372 g/mol. The summed E-state index contributed by atoms with van der Waals surface area (Å²) in [6.07, 6.45) is 1.57. The van der Waals surface area contributed by atoms with Gasteiger partial charge in [0.05, 0.1) is 18.4 Å². The first-order chi connectivity index (χ1) is 14.0. The monoisotopic (exact) mass is 394 g/mol. The zero-order valence-corrected chi connectivity index (χ0v) is 16.5. The van der Waals surface area contributed by atoms with Crippen molar-refractivity contribution in [1.29, 1.82) is 0 Å². The molecular formula is C21H22N4O4. The molecule has 4 rings (SSSR count). The SMILES string of the molecule is CCOc1ccccc1CNC(=O)[C@H](C)n1nc(C)n2c(cc3occc32)c1=O. The van der Waals surface area contributed by atoms with Crippen LogP contribution in [0, 0.1) is 6.92 Å². The number of rotatable bonds is 6. The number of carbonyl (C=O) groups excluding carboxylic acids is 1. The highest BCUT2D eigenvalue weighted by Gasteiger charge is 2.21. The van der Waals surface area contributed by atoms with Gasteiger partial charge in [-0.1, -0.05) is 18.2 Å². The van der Waals surface area contributed by atoms with Gasteiger partial charge in [-0.2, -0.15) is 5.10 Å². The third kappa shape index (κ3) is 3.26. The van der Waals surface area contributed by atoms with E-state index in [0.29, 0.717) is 30.1 Å². The highest BCUT2D eigenvalue weighted by atomic mass is 16.5. The molecule has 0 unspecified atom stereocenters. The number of aryl methyl sites for hydroxylation is 1. The smallest absolute Gasteiger partial charge is 0.291 e. The Kier molecular flexibility index (Phi) is 4.84. The second kappa shape index (κ2) is 7.46. The first-order valence-electron chi connectivity index (χ1n) is 9.47. The maximum absolute atomic E-state index is 12.9. The lowest BCUT2D eigenvalue weighted by atomic mass is 10.2. The Morgan fingerprint density at radius 1 is 1.28 bits per heavy atom. The zero-order chi connectivity index (χ0) is 20.5. The summed E-state index contributed by atoms with van der Waals surface area (Å²) in [5.74, 6) is 1.02. The molecule has 0 spiro atoms. The van der Waals surface area contributed by atoms with E-state index >= 15 is 0 Å². The van der Waals surface area contributed by atoms with E-state index in [1.165, 1.54) is 4.68 Å². The number of amides is 1. The molecule has 0 aliphatic carbocycles. The fourth-order valence-corrected chi connectivity index (χ4v) is 3.44. The van der Waals surface area contributed by atoms with Crippen molar-refractivity contribution in [3.63, 3.8) is 0 Å². The van der Waals surface area contributed by atoms with E-state index in [1.807, 2.05) is 31.2 Å². The quantitative estimate of drug-likeness (QED) is 0.543. The van der Waals surface area contributed by atoms with Crippen LogP contribution in [0.4, 0.5) is 0 Å². The molecule has 1 amide bonds.